The average molecular weight is 461 g/mol. The van der Waals surface area contributed by atoms with E-state index in [0.717, 1.165) is 54.0 Å². The molecule has 34 heavy (non-hydrogen) atoms. The lowest BCUT2D eigenvalue weighted by molar-refractivity contribution is 0.0254. The number of anilines is 1. The van der Waals surface area contributed by atoms with Crippen LogP contribution in [0.5, 0.6) is 0 Å². The first-order valence-corrected chi connectivity index (χ1v) is 12.6. The van der Waals surface area contributed by atoms with Gasteiger partial charge in [-0.1, -0.05) is 31.4 Å². The summed E-state index contributed by atoms with van der Waals surface area (Å²) in [4.78, 5) is 7.30. The van der Waals surface area contributed by atoms with Gasteiger partial charge in [-0.3, -0.25) is 0 Å². The highest BCUT2D eigenvalue weighted by molar-refractivity contribution is 5.88. The van der Waals surface area contributed by atoms with Crippen molar-refractivity contribution in [3.05, 3.63) is 48.2 Å². The summed E-state index contributed by atoms with van der Waals surface area (Å²) < 4.78 is 22.9. The molecule has 178 valence electrons. The Morgan fingerprint density at radius 2 is 1.88 bits per heavy atom. The van der Waals surface area contributed by atoms with Gasteiger partial charge in [-0.25, -0.2) is 9.37 Å². The van der Waals surface area contributed by atoms with Crippen molar-refractivity contribution in [2.45, 2.75) is 70.2 Å². The quantitative estimate of drug-likeness (QED) is 0.462. The van der Waals surface area contributed by atoms with Crippen molar-refractivity contribution in [2.75, 3.05) is 24.6 Å². The van der Waals surface area contributed by atoms with Crippen molar-refractivity contribution in [1.29, 1.82) is 5.26 Å². The zero-order chi connectivity index (χ0) is 23.5. The molecule has 0 spiro atoms. The van der Waals surface area contributed by atoms with Crippen molar-refractivity contribution in [3.63, 3.8) is 0 Å². The van der Waals surface area contributed by atoms with Crippen LogP contribution in [0.15, 0.2) is 42.6 Å². The predicted octanol–water partition coefficient (Wildman–Crippen LogP) is 6.25. The second-order valence-electron chi connectivity index (χ2n) is 10.0. The van der Waals surface area contributed by atoms with Crippen molar-refractivity contribution >= 4 is 16.9 Å². The van der Waals surface area contributed by atoms with Crippen LogP contribution >= 0.6 is 0 Å². The van der Waals surface area contributed by atoms with E-state index in [1.54, 1.807) is 6.92 Å². The molecule has 0 bridgehead atoms. The lowest BCUT2D eigenvalue weighted by atomic mass is 9.95. The Balaban J connectivity index is 1.52. The monoisotopic (exact) mass is 460 g/mol. The number of nitrogens with zero attached hydrogens (tertiary/aromatic N) is 4. The van der Waals surface area contributed by atoms with Crippen LogP contribution in [0.4, 0.5) is 10.2 Å². The Morgan fingerprint density at radius 1 is 1.12 bits per heavy atom. The molecule has 2 fully saturated rings. The predicted molar refractivity (Wildman–Crippen MR) is 134 cm³/mol. The fourth-order valence-electron chi connectivity index (χ4n) is 5.15. The zero-order valence-electron chi connectivity index (χ0n) is 20.0. The molecule has 0 amide bonds. The molecule has 2 aliphatic heterocycles. The van der Waals surface area contributed by atoms with Gasteiger partial charge in [-0.15, -0.1) is 0 Å². The SMILES string of the molecule is CC1(F)CCN(c2nc3ccn(C[C@@H]4CCCCCCO4)c3cc2-c2ccc(C#N)cc2)CC1. The molecule has 3 aromatic rings. The van der Waals surface area contributed by atoms with Crippen LogP contribution in [-0.2, 0) is 11.3 Å². The first-order valence-electron chi connectivity index (χ1n) is 12.6. The van der Waals surface area contributed by atoms with Gasteiger partial charge in [0.2, 0.25) is 0 Å². The van der Waals surface area contributed by atoms with Gasteiger partial charge in [0.05, 0.1) is 28.8 Å². The molecule has 0 aliphatic carbocycles. The number of pyridine rings is 1. The van der Waals surface area contributed by atoms with Crippen LogP contribution in [0.1, 0.15) is 57.4 Å². The summed E-state index contributed by atoms with van der Waals surface area (Å²) in [7, 11) is 0. The Hall–Kier alpha value is -2.91. The zero-order valence-corrected chi connectivity index (χ0v) is 20.0. The number of hydrogen-bond acceptors (Lipinski definition) is 4. The first kappa shape index (κ1) is 22.9. The number of alkyl halides is 1. The molecule has 5 nitrogen and oxygen atoms in total. The van der Waals surface area contributed by atoms with E-state index in [1.807, 2.05) is 24.3 Å². The van der Waals surface area contributed by atoms with Gasteiger partial charge in [-0.05, 0) is 62.4 Å². The Labute approximate surface area is 201 Å². The fourth-order valence-corrected chi connectivity index (χ4v) is 5.15. The maximum atomic E-state index is 14.5. The van der Waals surface area contributed by atoms with Crippen LogP contribution in [0.2, 0.25) is 0 Å². The van der Waals surface area contributed by atoms with Crippen LogP contribution in [0.25, 0.3) is 22.2 Å². The number of aromatic nitrogens is 2. The number of piperidine rings is 1. The van der Waals surface area contributed by atoms with E-state index < -0.39 is 5.67 Å². The van der Waals surface area contributed by atoms with Crippen molar-refractivity contribution < 1.29 is 9.13 Å². The summed E-state index contributed by atoms with van der Waals surface area (Å²) in [5.41, 5.74) is 3.60. The molecule has 2 saturated heterocycles. The molecule has 2 aromatic heterocycles. The summed E-state index contributed by atoms with van der Waals surface area (Å²) in [6.45, 7) is 4.64. The normalized spacial score (nSPS) is 21.1. The number of hydrogen-bond donors (Lipinski definition) is 0. The number of ether oxygens (including phenoxy) is 1. The van der Waals surface area contributed by atoms with Gasteiger partial charge >= 0.3 is 0 Å². The van der Waals surface area contributed by atoms with E-state index in [4.69, 9.17) is 9.72 Å². The standard InChI is InChI=1S/C28H33FN4O/c1-28(29)12-15-32(16-13-28)27-24(22-9-7-21(19-30)8-10-22)18-26-25(31-27)11-14-33(26)20-23-6-4-2-3-5-17-34-23/h7-11,14,18,23H,2-6,12-13,15-17,20H2,1H3/t23-/m0/s1. The molecule has 0 saturated carbocycles. The number of nitriles is 1. The van der Waals surface area contributed by atoms with Gasteiger partial charge in [0.15, 0.2) is 0 Å². The van der Waals surface area contributed by atoms with Crippen molar-refractivity contribution in [3.8, 4) is 17.2 Å². The average Bonchev–Trinajstić information content (AvgIpc) is 3.21. The third-order valence-electron chi connectivity index (χ3n) is 7.34. The second kappa shape index (κ2) is 9.76. The van der Waals surface area contributed by atoms with Crippen molar-refractivity contribution in [1.82, 2.24) is 9.55 Å². The van der Waals surface area contributed by atoms with E-state index in [1.165, 1.54) is 19.3 Å². The van der Waals surface area contributed by atoms with Gasteiger partial charge in [0.25, 0.3) is 0 Å². The highest BCUT2D eigenvalue weighted by atomic mass is 19.1. The van der Waals surface area contributed by atoms with Gasteiger partial charge in [-0.2, -0.15) is 5.26 Å². The molecular formula is C28H33FN4O. The van der Waals surface area contributed by atoms with Crippen LogP contribution in [0.3, 0.4) is 0 Å². The molecule has 4 heterocycles. The third-order valence-corrected chi connectivity index (χ3v) is 7.34. The molecule has 1 atom stereocenters. The van der Waals surface area contributed by atoms with E-state index in [0.29, 0.717) is 31.5 Å². The molecule has 0 radical (unpaired) electrons. The maximum Gasteiger partial charge on any atom is 0.137 e. The summed E-state index contributed by atoms with van der Waals surface area (Å²) in [5, 5.41) is 9.23. The maximum absolute atomic E-state index is 14.5. The van der Waals surface area contributed by atoms with E-state index >= 15 is 0 Å². The minimum absolute atomic E-state index is 0.221. The number of rotatable bonds is 4. The Kier molecular flexibility index (Phi) is 6.56. The second-order valence-corrected chi connectivity index (χ2v) is 10.0. The van der Waals surface area contributed by atoms with Gasteiger partial charge in [0, 0.05) is 38.0 Å². The van der Waals surface area contributed by atoms with Crippen LogP contribution < -0.4 is 4.90 Å². The smallest absolute Gasteiger partial charge is 0.137 e. The molecule has 6 heteroatoms. The molecule has 0 N–H and O–H groups in total. The summed E-state index contributed by atoms with van der Waals surface area (Å²) >= 11 is 0. The number of halogens is 1. The first-order chi connectivity index (χ1) is 16.5. The Bertz CT molecular complexity index is 1160. The van der Waals surface area contributed by atoms with Crippen LogP contribution in [-0.4, -0.2) is 41.0 Å². The minimum atomic E-state index is -1.11. The van der Waals surface area contributed by atoms with Gasteiger partial charge in [0.1, 0.15) is 11.5 Å². The van der Waals surface area contributed by atoms with Gasteiger partial charge < -0.3 is 14.2 Å². The summed E-state index contributed by atoms with van der Waals surface area (Å²) in [6.07, 6.45) is 9.32. The van der Waals surface area contributed by atoms with Crippen molar-refractivity contribution in [2.24, 2.45) is 0 Å². The fraction of sp³-hybridized carbons (Fsp3) is 0.500. The number of fused-ring (bicyclic) bond motifs is 1. The summed E-state index contributed by atoms with van der Waals surface area (Å²) in [6, 6.07) is 14.2. The third kappa shape index (κ3) is 4.95. The summed E-state index contributed by atoms with van der Waals surface area (Å²) in [5.74, 6) is 0.896. The van der Waals surface area contributed by atoms with Crippen LogP contribution in [0, 0.1) is 11.3 Å². The topological polar surface area (TPSA) is 54.1 Å². The van der Waals surface area contributed by atoms with E-state index in [9.17, 15) is 9.65 Å². The molecule has 0 unspecified atom stereocenters. The lowest BCUT2D eigenvalue weighted by Crippen LogP contribution is -2.40. The minimum Gasteiger partial charge on any atom is -0.376 e. The molecule has 1 aromatic carbocycles. The Morgan fingerprint density at radius 3 is 2.65 bits per heavy atom. The number of benzene rings is 1. The lowest BCUT2D eigenvalue weighted by Gasteiger charge is -2.36. The molecular weight excluding hydrogens is 427 g/mol. The van der Waals surface area contributed by atoms with E-state index in [2.05, 4.69) is 33.9 Å². The highest BCUT2D eigenvalue weighted by Gasteiger charge is 2.31. The molecule has 2 aliphatic rings. The molecule has 5 rings (SSSR count). The largest absolute Gasteiger partial charge is 0.376 e. The van der Waals surface area contributed by atoms with E-state index in [-0.39, 0.29) is 6.10 Å². The highest BCUT2D eigenvalue weighted by Crippen LogP contribution is 2.36.